The van der Waals surface area contributed by atoms with Gasteiger partial charge in [-0.2, -0.15) is 0 Å². The van der Waals surface area contributed by atoms with E-state index in [1.807, 2.05) is 0 Å². The van der Waals surface area contributed by atoms with Gasteiger partial charge in [0.2, 0.25) is 0 Å². The number of nitrogens with one attached hydrogen (secondary N) is 1. The number of carbonyl (C=O) groups excluding carboxylic acids is 2. The Labute approximate surface area is 171 Å². The molecule has 6 nitrogen and oxygen atoms in total. The lowest BCUT2D eigenvalue weighted by Gasteiger charge is -2.12. The first kappa shape index (κ1) is 22.0. The molecule has 0 spiro atoms. The largest absolute Gasteiger partial charge is 0.493 e. The van der Waals surface area contributed by atoms with Crippen molar-refractivity contribution in [3.63, 3.8) is 0 Å². The van der Waals surface area contributed by atoms with Crippen molar-refractivity contribution >= 4 is 23.6 Å². The number of esters is 1. The van der Waals surface area contributed by atoms with Gasteiger partial charge < -0.3 is 19.5 Å². The molecule has 0 aliphatic carbocycles. The van der Waals surface area contributed by atoms with Crippen LogP contribution in [0.2, 0.25) is 0 Å². The number of ether oxygens (including phenoxy) is 3. The molecule has 0 saturated heterocycles. The third-order valence-corrected chi connectivity index (χ3v) is 4.05. The van der Waals surface area contributed by atoms with E-state index in [0.717, 1.165) is 18.4 Å². The summed E-state index contributed by atoms with van der Waals surface area (Å²) >= 11 is 0. The molecular formula is C23H27NO5. The summed E-state index contributed by atoms with van der Waals surface area (Å²) in [6.45, 7) is 4.79. The molecule has 0 aromatic heterocycles. The van der Waals surface area contributed by atoms with Crippen molar-refractivity contribution in [1.29, 1.82) is 0 Å². The van der Waals surface area contributed by atoms with Crippen LogP contribution in [0.4, 0.5) is 5.69 Å². The fourth-order valence-corrected chi connectivity index (χ4v) is 2.49. The SMILES string of the molecule is CCCCOc1ccc(C(=O)Nc2ccc(/C=C/C(=O)OCC)cc2)cc1OC. The number of amides is 1. The quantitative estimate of drug-likeness (QED) is 0.357. The Morgan fingerprint density at radius 1 is 1.03 bits per heavy atom. The lowest BCUT2D eigenvalue weighted by molar-refractivity contribution is -0.137. The van der Waals surface area contributed by atoms with Crippen molar-refractivity contribution in [2.45, 2.75) is 26.7 Å². The highest BCUT2D eigenvalue weighted by atomic mass is 16.5. The highest BCUT2D eigenvalue weighted by Gasteiger charge is 2.11. The van der Waals surface area contributed by atoms with Gasteiger partial charge in [0.1, 0.15) is 0 Å². The number of methoxy groups -OCH3 is 1. The van der Waals surface area contributed by atoms with E-state index in [4.69, 9.17) is 14.2 Å². The molecule has 2 rings (SSSR count). The standard InChI is InChI=1S/C23H27NO5/c1-4-6-15-29-20-13-10-18(16-21(20)27-3)23(26)24-19-11-7-17(8-12-19)9-14-22(25)28-5-2/h7-14,16H,4-6,15H2,1-3H3,(H,24,26)/b14-9+. The van der Waals surface area contributed by atoms with Crippen LogP contribution in [0.3, 0.4) is 0 Å². The Bertz CT molecular complexity index is 843. The molecule has 0 bridgehead atoms. The lowest BCUT2D eigenvalue weighted by atomic mass is 10.1. The van der Waals surface area contributed by atoms with Gasteiger partial charge in [-0.3, -0.25) is 4.79 Å². The van der Waals surface area contributed by atoms with Crippen LogP contribution in [0.1, 0.15) is 42.6 Å². The van der Waals surface area contributed by atoms with E-state index in [1.165, 1.54) is 6.08 Å². The molecule has 2 aromatic carbocycles. The minimum atomic E-state index is -0.388. The monoisotopic (exact) mass is 397 g/mol. The summed E-state index contributed by atoms with van der Waals surface area (Å²) < 4.78 is 15.9. The van der Waals surface area contributed by atoms with Crippen LogP contribution in [-0.4, -0.2) is 32.2 Å². The number of unbranched alkanes of at least 4 members (excludes halogenated alkanes) is 1. The van der Waals surface area contributed by atoms with E-state index in [1.54, 1.807) is 62.6 Å². The first-order valence-corrected chi connectivity index (χ1v) is 9.64. The number of rotatable bonds is 10. The second kappa shape index (κ2) is 11.5. The summed E-state index contributed by atoms with van der Waals surface area (Å²) in [4.78, 5) is 23.9. The van der Waals surface area contributed by atoms with Crippen LogP contribution in [-0.2, 0) is 9.53 Å². The third-order valence-electron chi connectivity index (χ3n) is 4.05. The van der Waals surface area contributed by atoms with Gasteiger partial charge in [-0.15, -0.1) is 0 Å². The fourth-order valence-electron chi connectivity index (χ4n) is 2.49. The van der Waals surface area contributed by atoms with Gasteiger partial charge in [-0.1, -0.05) is 25.5 Å². The van der Waals surface area contributed by atoms with E-state index >= 15 is 0 Å². The first-order chi connectivity index (χ1) is 14.1. The molecule has 1 N–H and O–H groups in total. The van der Waals surface area contributed by atoms with Gasteiger partial charge in [0, 0.05) is 17.3 Å². The molecule has 0 radical (unpaired) electrons. The molecule has 2 aromatic rings. The van der Waals surface area contributed by atoms with E-state index in [0.29, 0.717) is 36.0 Å². The molecule has 0 heterocycles. The van der Waals surface area contributed by atoms with E-state index in [2.05, 4.69) is 12.2 Å². The van der Waals surface area contributed by atoms with Crippen LogP contribution >= 0.6 is 0 Å². The zero-order chi connectivity index (χ0) is 21.1. The molecule has 0 aliphatic heterocycles. The third kappa shape index (κ3) is 6.99. The predicted molar refractivity (Wildman–Crippen MR) is 113 cm³/mol. The molecule has 6 heteroatoms. The molecule has 0 unspecified atom stereocenters. The number of hydrogen-bond donors (Lipinski definition) is 1. The Morgan fingerprint density at radius 2 is 1.79 bits per heavy atom. The molecule has 0 fully saturated rings. The number of anilines is 1. The molecule has 1 amide bonds. The summed E-state index contributed by atoms with van der Waals surface area (Å²) in [5, 5.41) is 2.84. The minimum Gasteiger partial charge on any atom is -0.493 e. The molecule has 0 atom stereocenters. The van der Waals surface area contributed by atoms with Crippen LogP contribution in [0.15, 0.2) is 48.5 Å². The normalized spacial score (nSPS) is 10.6. The minimum absolute atomic E-state index is 0.252. The summed E-state index contributed by atoms with van der Waals surface area (Å²) in [6, 6.07) is 12.2. The van der Waals surface area contributed by atoms with Gasteiger partial charge in [0.25, 0.3) is 5.91 Å². The van der Waals surface area contributed by atoms with Gasteiger partial charge in [-0.25, -0.2) is 4.79 Å². The Morgan fingerprint density at radius 3 is 2.45 bits per heavy atom. The maximum absolute atomic E-state index is 12.5. The van der Waals surface area contributed by atoms with Crippen LogP contribution < -0.4 is 14.8 Å². The summed E-state index contributed by atoms with van der Waals surface area (Å²) in [5.41, 5.74) is 1.94. The molecule has 0 aliphatic rings. The van der Waals surface area contributed by atoms with Crippen LogP contribution in [0.5, 0.6) is 11.5 Å². The maximum atomic E-state index is 12.5. The highest BCUT2D eigenvalue weighted by molar-refractivity contribution is 6.04. The average Bonchev–Trinajstić information content (AvgIpc) is 2.73. The van der Waals surface area contributed by atoms with Gasteiger partial charge >= 0.3 is 5.97 Å². The Kier molecular flexibility index (Phi) is 8.76. The predicted octanol–water partition coefficient (Wildman–Crippen LogP) is 4.70. The number of benzene rings is 2. The van der Waals surface area contributed by atoms with Crippen molar-refractivity contribution < 1.29 is 23.8 Å². The van der Waals surface area contributed by atoms with Gasteiger partial charge in [0.05, 0.1) is 20.3 Å². The smallest absolute Gasteiger partial charge is 0.330 e. The van der Waals surface area contributed by atoms with Crippen molar-refractivity contribution in [2.75, 3.05) is 25.6 Å². The van der Waals surface area contributed by atoms with Crippen molar-refractivity contribution in [3.8, 4) is 11.5 Å². The van der Waals surface area contributed by atoms with Crippen molar-refractivity contribution in [1.82, 2.24) is 0 Å². The zero-order valence-corrected chi connectivity index (χ0v) is 17.1. The molecule has 154 valence electrons. The first-order valence-electron chi connectivity index (χ1n) is 9.64. The molecule has 29 heavy (non-hydrogen) atoms. The van der Waals surface area contributed by atoms with Crippen LogP contribution in [0.25, 0.3) is 6.08 Å². The van der Waals surface area contributed by atoms with Crippen molar-refractivity contribution in [3.05, 3.63) is 59.7 Å². The molecular weight excluding hydrogens is 370 g/mol. The van der Waals surface area contributed by atoms with Crippen LogP contribution in [0, 0.1) is 0 Å². The zero-order valence-electron chi connectivity index (χ0n) is 17.1. The van der Waals surface area contributed by atoms with E-state index in [9.17, 15) is 9.59 Å². The maximum Gasteiger partial charge on any atom is 0.330 e. The van der Waals surface area contributed by atoms with Gasteiger partial charge in [-0.05, 0) is 55.3 Å². The van der Waals surface area contributed by atoms with Gasteiger partial charge in [0.15, 0.2) is 11.5 Å². The topological polar surface area (TPSA) is 73.9 Å². The van der Waals surface area contributed by atoms with Crippen molar-refractivity contribution in [2.24, 2.45) is 0 Å². The summed E-state index contributed by atoms with van der Waals surface area (Å²) in [7, 11) is 1.55. The lowest BCUT2D eigenvalue weighted by Crippen LogP contribution is -2.12. The highest BCUT2D eigenvalue weighted by Crippen LogP contribution is 2.28. The fraction of sp³-hybridized carbons (Fsp3) is 0.304. The number of carbonyl (C=O) groups is 2. The Balaban J connectivity index is 2.01. The van der Waals surface area contributed by atoms with E-state index < -0.39 is 0 Å². The van der Waals surface area contributed by atoms with E-state index in [-0.39, 0.29) is 11.9 Å². The average molecular weight is 397 g/mol. The molecule has 0 saturated carbocycles. The number of hydrogen-bond acceptors (Lipinski definition) is 5. The summed E-state index contributed by atoms with van der Waals surface area (Å²) in [6.07, 6.45) is 5.02. The second-order valence-corrected chi connectivity index (χ2v) is 6.23. The Hall–Kier alpha value is -3.28. The second-order valence-electron chi connectivity index (χ2n) is 6.23. The summed E-state index contributed by atoms with van der Waals surface area (Å²) in [5.74, 6) is 0.502.